The Bertz CT molecular complexity index is 636. The van der Waals surface area contributed by atoms with Gasteiger partial charge in [-0.2, -0.15) is 0 Å². The first-order valence-electron chi connectivity index (χ1n) is 7.59. The molecule has 2 rings (SSSR count). The molecule has 0 aliphatic carbocycles. The normalized spacial score (nSPS) is 10.3. The summed E-state index contributed by atoms with van der Waals surface area (Å²) in [6, 6.07) is 9.94. The third kappa shape index (κ3) is 4.92. The molecule has 0 unspecified atom stereocenters. The fourth-order valence-electron chi connectivity index (χ4n) is 2.02. The number of nitroso groups, excluding NO2 is 1. The lowest BCUT2D eigenvalue weighted by atomic mass is 10.2. The van der Waals surface area contributed by atoms with Crippen LogP contribution in [0.25, 0.3) is 0 Å². The molecule has 0 saturated carbocycles. The van der Waals surface area contributed by atoms with Crippen LogP contribution >= 0.6 is 11.8 Å². The maximum Gasteiger partial charge on any atom is 0.192 e. The molecule has 122 valence electrons. The van der Waals surface area contributed by atoms with E-state index >= 15 is 0 Å². The highest BCUT2D eigenvalue weighted by Gasteiger charge is 2.15. The molecule has 1 aromatic carbocycles. The summed E-state index contributed by atoms with van der Waals surface area (Å²) >= 11 is 1.43. The standard InChI is InChI=1S/C16H21N5OS/c1-3-4-10-17-14-13(21-22)15(20-16(19-14)23-2)18-11-12-8-6-5-7-9-12/h5-9H,3-4,10-11H2,1-2H3,(H2,17,18,19,20). The number of hydrogen-bond donors (Lipinski definition) is 2. The summed E-state index contributed by atoms with van der Waals surface area (Å²) in [5.74, 6) is 0.950. The number of unbranched alkanes of at least 4 members (excludes halogenated alkanes) is 1. The number of nitrogens with one attached hydrogen (secondary N) is 2. The van der Waals surface area contributed by atoms with Gasteiger partial charge in [-0.1, -0.05) is 55.4 Å². The zero-order valence-electron chi connectivity index (χ0n) is 13.4. The molecule has 0 aliphatic rings. The molecule has 0 fully saturated rings. The molecule has 0 bridgehead atoms. The molecule has 1 aromatic heterocycles. The Hall–Kier alpha value is -2.15. The third-order valence-electron chi connectivity index (χ3n) is 3.26. The SMILES string of the molecule is CCCCNc1nc(SC)nc(NCc2ccccc2)c1N=O. The highest BCUT2D eigenvalue weighted by atomic mass is 32.2. The highest BCUT2D eigenvalue weighted by molar-refractivity contribution is 7.98. The predicted octanol–water partition coefficient (Wildman–Crippen LogP) is 4.42. The molecular weight excluding hydrogens is 310 g/mol. The number of benzene rings is 1. The van der Waals surface area contributed by atoms with Crippen molar-refractivity contribution in [3.63, 3.8) is 0 Å². The Kier molecular flexibility index (Phi) is 6.80. The van der Waals surface area contributed by atoms with Gasteiger partial charge in [-0.05, 0) is 23.4 Å². The quantitative estimate of drug-likeness (QED) is 0.306. The molecule has 0 spiro atoms. The lowest BCUT2D eigenvalue weighted by Crippen LogP contribution is -2.08. The monoisotopic (exact) mass is 331 g/mol. The summed E-state index contributed by atoms with van der Waals surface area (Å²) in [6.45, 7) is 3.44. The van der Waals surface area contributed by atoms with Gasteiger partial charge < -0.3 is 10.6 Å². The lowest BCUT2D eigenvalue weighted by Gasteiger charge is -2.13. The van der Waals surface area contributed by atoms with Crippen LogP contribution in [0.15, 0.2) is 40.7 Å². The number of hydrogen-bond acceptors (Lipinski definition) is 7. The van der Waals surface area contributed by atoms with E-state index in [-0.39, 0.29) is 5.69 Å². The number of aromatic nitrogens is 2. The summed E-state index contributed by atoms with van der Waals surface area (Å²) in [4.78, 5) is 20.0. The topological polar surface area (TPSA) is 79.3 Å². The Balaban J connectivity index is 2.21. The molecule has 0 radical (unpaired) electrons. The van der Waals surface area contributed by atoms with E-state index in [1.807, 2.05) is 36.6 Å². The van der Waals surface area contributed by atoms with Crippen LogP contribution in [0, 0.1) is 4.91 Å². The van der Waals surface area contributed by atoms with E-state index in [9.17, 15) is 4.91 Å². The van der Waals surface area contributed by atoms with Gasteiger partial charge in [0.05, 0.1) is 0 Å². The van der Waals surface area contributed by atoms with Crippen LogP contribution in [0.1, 0.15) is 25.3 Å². The third-order valence-corrected chi connectivity index (χ3v) is 3.81. The van der Waals surface area contributed by atoms with E-state index in [4.69, 9.17) is 0 Å². The van der Waals surface area contributed by atoms with Gasteiger partial charge in [0.1, 0.15) is 0 Å². The number of nitrogens with zero attached hydrogens (tertiary/aromatic N) is 3. The Morgan fingerprint density at radius 1 is 1.13 bits per heavy atom. The van der Waals surface area contributed by atoms with E-state index in [0.717, 1.165) is 24.9 Å². The molecule has 2 N–H and O–H groups in total. The summed E-state index contributed by atoms with van der Waals surface area (Å²) < 4.78 is 0. The molecular formula is C16H21N5OS. The summed E-state index contributed by atoms with van der Waals surface area (Å²) in [7, 11) is 0. The van der Waals surface area contributed by atoms with Crippen molar-refractivity contribution in [3.05, 3.63) is 40.8 Å². The number of anilines is 2. The number of rotatable bonds is 9. The number of thioether (sulfide) groups is 1. The Labute approximate surface area is 140 Å². The average Bonchev–Trinajstić information content (AvgIpc) is 2.60. The molecule has 0 aliphatic heterocycles. The van der Waals surface area contributed by atoms with Crippen molar-refractivity contribution >= 4 is 29.1 Å². The van der Waals surface area contributed by atoms with Crippen LogP contribution in [0.5, 0.6) is 0 Å². The van der Waals surface area contributed by atoms with Gasteiger partial charge in [0.25, 0.3) is 0 Å². The molecule has 0 atom stereocenters. The molecule has 2 aromatic rings. The maximum atomic E-state index is 11.3. The van der Waals surface area contributed by atoms with Crippen molar-refractivity contribution < 1.29 is 0 Å². The molecule has 0 amide bonds. The van der Waals surface area contributed by atoms with Crippen molar-refractivity contribution in [1.29, 1.82) is 0 Å². The van der Waals surface area contributed by atoms with Crippen molar-refractivity contribution in [2.75, 3.05) is 23.4 Å². The van der Waals surface area contributed by atoms with E-state index in [0.29, 0.717) is 23.3 Å². The summed E-state index contributed by atoms with van der Waals surface area (Å²) in [5.41, 5.74) is 1.34. The highest BCUT2D eigenvalue weighted by Crippen LogP contribution is 2.32. The summed E-state index contributed by atoms with van der Waals surface area (Å²) in [5, 5.41) is 10.1. The first-order valence-corrected chi connectivity index (χ1v) is 8.82. The molecule has 1 heterocycles. The zero-order valence-corrected chi connectivity index (χ0v) is 14.2. The fraction of sp³-hybridized carbons (Fsp3) is 0.375. The smallest absolute Gasteiger partial charge is 0.192 e. The van der Waals surface area contributed by atoms with Crippen LogP contribution in [-0.4, -0.2) is 22.8 Å². The van der Waals surface area contributed by atoms with Crippen LogP contribution < -0.4 is 10.6 Å². The minimum absolute atomic E-state index is 0.231. The first-order chi connectivity index (χ1) is 11.3. The second-order valence-electron chi connectivity index (χ2n) is 4.97. The average molecular weight is 331 g/mol. The van der Waals surface area contributed by atoms with Crippen LogP contribution in [0.2, 0.25) is 0 Å². The minimum Gasteiger partial charge on any atom is -0.368 e. The van der Waals surface area contributed by atoms with E-state index in [1.54, 1.807) is 0 Å². The van der Waals surface area contributed by atoms with Gasteiger partial charge >= 0.3 is 0 Å². The van der Waals surface area contributed by atoms with Gasteiger partial charge in [0.2, 0.25) is 0 Å². The minimum atomic E-state index is 0.231. The van der Waals surface area contributed by atoms with Crippen LogP contribution in [0.3, 0.4) is 0 Å². The van der Waals surface area contributed by atoms with Gasteiger partial charge in [-0.3, -0.25) is 0 Å². The fourth-order valence-corrected chi connectivity index (χ4v) is 2.39. The summed E-state index contributed by atoms with van der Waals surface area (Å²) in [6.07, 6.45) is 3.97. The van der Waals surface area contributed by atoms with Gasteiger partial charge in [0, 0.05) is 13.1 Å². The van der Waals surface area contributed by atoms with Gasteiger partial charge in [-0.15, -0.1) is 4.91 Å². The maximum absolute atomic E-state index is 11.3. The van der Waals surface area contributed by atoms with Crippen molar-refractivity contribution in [2.45, 2.75) is 31.5 Å². The van der Waals surface area contributed by atoms with E-state index in [2.05, 4.69) is 32.7 Å². The first kappa shape index (κ1) is 17.2. The predicted molar refractivity (Wildman–Crippen MR) is 96.4 cm³/mol. The molecule has 0 saturated heterocycles. The van der Waals surface area contributed by atoms with Crippen LogP contribution in [0.4, 0.5) is 17.3 Å². The van der Waals surface area contributed by atoms with Crippen molar-refractivity contribution in [1.82, 2.24) is 9.97 Å². The van der Waals surface area contributed by atoms with E-state index < -0.39 is 0 Å². The molecule has 23 heavy (non-hydrogen) atoms. The van der Waals surface area contributed by atoms with Crippen LogP contribution in [-0.2, 0) is 6.54 Å². The van der Waals surface area contributed by atoms with Gasteiger partial charge in [0.15, 0.2) is 22.5 Å². The second-order valence-corrected chi connectivity index (χ2v) is 5.74. The lowest BCUT2D eigenvalue weighted by molar-refractivity contribution is 0.825. The zero-order chi connectivity index (χ0) is 16.5. The van der Waals surface area contributed by atoms with Crippen molar-refractivity contribution in [3.8, 4) is 0 Å². The van der Waals surface area contributed by atoms with Crippen molar-refractivity contribution in [2.24, 2.45) is 5.18 Å². The Morgan fingerprint density at radius 3 is 2.43 bits per heavy atom. The molecule has 6 nitrogen and oxygen atoms in total. The largest absolute Gasteiger partial charge is 0.368 e. The molecule has 7 heteroatoms. The van der Waals surface area contributed by atoms with E-state index in [1.165, 1.54) is 11.8 Å². The second kappa shape index (κ2) is 9.09. The Morgan fingerprint density at radius 2 is 1.83 bits per heavy atom. The van der Waals surface area contributed by atoms with Gasteiger partial charge in [-0.25, -0.2) is 9.97 Å².